The van der Waals surface area contributed by atoms with Gasteiger partial charge in [0.1, 0.15) is 0 Å². The highest BCUT2D eigenvalue weighted by atomic mass is 15.1. The lowest BCUT2D eigenvalue weighted by atomic mass is 10.6. The first-order chi connectivity index (χ1) is 2.81. The van der Waals surface area contributed by atoms with E-state index in [9.17, 15) is 0 Å². The van der Waals surface area contributed by atoms with E-state index in [1.807, 2.05) is 0 Å². The van der Waals surface area contributed by atoms with Gasteiger partial charge < -0.3 is 4.90 Å². The largest absolute Gasteiger partial charge is 0.307 e. The molecule has 0 saturated carbocycles. The van der Waals surface area contributed by atoms with Crippen molar-refractivity contribution < 1.29 is 0 Å². The molecule has 0 spiro atoms. The molecule has 0 aromatic carbocycles. The van der Waals surface area contributed by atoms with E-state index in [1.54, 1.807) is 0 Å². The van der Waals surface area contributed by atoms with E-state index in [-0.39, 0.29) is 37.1 Å². The minimum atomic E-state index is 0. The summed E-state index contributed by atoms with van der Waals surface area (Å²) >= 11 is 0. The van der Waals surface area contributed by atoms with Gasteiger partial charge in [0.05, 0.1) is 0 Å². The molecule has 78 valence electrons. The van der Waals surface area contributed by atoms with Crippen molar-refractivity contribution in [1.29, 1.82) is 0 Å². The van der Waals surface area contributed by atoms with Gasteiger partial charge in [-0.15, -0.1) is 0 Å². The summed E-state index contributed by atoms with van der Waals surface area (Å²) in [5, 5.41) is 0. The van der Waals surface area contributed by atoms with Crippen molar-refractivity contribution in [3.05, 3.63) is 0 Å². The van der Waals surface area contributed by atoms with Crippen LogP contribution < -0.4 is 0 Å². The average molecular weight is 167 g/mol. The Morgan fingerprint density at radius 3 is 0.909 bits per heavy atom. The molecule has 1 heteroatoms. The van der Waals surface area contributed by atoms with Crippen molar-refractivity contribution in [2.45, 2.75) is 51.0 Å². The molecule has 11 heavy (non-hydrogen) atoms. The second-order valence-electron chi connectivity index (χ2n) is 1.49. The Hall–Kier alpha value is -0.0400. The third-order valence-corrected chi connectivity index (χ3v) is 1.08. The van der Waals surface area contributed by atoms with Gasteiger partial charge in [0.25, 0.3) is 0 Å². The highest BCUT2D eigenvalue weighted by Crippen LogP contribution is 1.73. The molecule has 0 atom stereocenters. The molecule has 0 unspecified atom stereocenters. The molecule has 0 amide bonds. The number of rotatable bonds is 2. The third-order valence-electron chi connectivity index (χ3n) is 1.08. The van der Waals surface area contributed by atoms with Crippen LogP contribution in [0.15, 0.2) is 0 Å². The topological polar surface area (TPSA) is 3.24 Å². The Morgan fingerprint density at radius 2 is 0.909 bits per heavy atom. The monoisotopic (exact) mass is 167 g/mol. The first kappa shape index (κ1) is 44.2. The van der Waals surface area contributed by atoms with Crippen LogP contribution in [0.5, 0.6) is 0 Å². The molecule has 0 fully saturated rings. The van der Waals surface area contributed by atoms with Crippen molar-refractivity contribution in [3.63, 3.8) is 0 Å². The molecule has 0 rings (SSSR count). The van der Waals surface area contributed by atoms with Crippen molar-refractivity contribution in [2.24, 2.45) is 0 Å². The van der Waals surface area contributed by atoms with Gasteiger partial charge in [-0.2, -0.15) is 0 Å². The molecule has 0 radical (unpaired) electrons. The van der Waals surface area contributed by atoms with E-state index < -0.39 is 0 Å². The van der Waals surface area contributed by atoms with Crippen molar-refractivity contribution in [1.82, 2.24) is 4.90 Å². The molecule has 0 aromatic heterocycles. The predicted octanol–water partition coefficient (Wildman–Crippen LogP) is 4.14. The summed E-state index contributed by atoms with van der Waals surface area (Å²) in [6.07, 6.45) is 0. The molecule has 0 aliphatic heterocycles. The smallest absolute Gasteiger partial charge is 0.00504 e. The Balaban J connectivity index is -0.0000000125. The van der Waals surface area contributed by atoms with Gasteiger partial charge in [-0.05, 0) is 20.1 Å². The summed E-state index contributed by atoms with van der Waals surface area (Å²) in [6, 6.07) is 0. The standard InChI is InChI=1S/C5H13N.5CH4/c1-4-6(3)5-2;;;;;/h4-5H2,1-3H3;5*1H4. The molecule has 0 saturated heterocycles. The van der Waals surface area contributed by atoms with E-state index in [4.69, 9.17) is 0 Å². The molecule has 0 bridgehead atoms. The van der Waals surface area contributed by atoms with E-state index in [1.165, 1.54) is 0 Å². The number of nitrogens with zero attached hydrogens (tertiary/aromatic N) is 1. The maximum absolute atomic E-state index is 2.25. The summed E-state index contributed by atoms with van der Waals surface area (Å²) in [6.45, 7) is 6.64. The van der Waals surface area contributed by atoms with Crippen LogP contribution in [0.2, 0.25) is 0 Å². The highest BCUT2D eigenvalue weighted by molar-refractivity contribution is 4.36. The lowest BCUT2D eigenvalue weighted by Gasteiger charge is -2.07. The van der Waals surface area contributed by atoms with Gasteiger partial charge in [-0.3, -0.25) is 0 Å². The lowest BCUT2D eigenvalue weighted by molar-refractivity contribution is 0.373. The maximum Gasteiger partial charge on any atom is -0.00504 e. The summed E-state index contributed by atoms with van der Waals surface area (Å²) in [7, 11) is 2.11. The van der Waals surface area contributed by atoms with Crippen molar-refractivity contribution in [2.75, 3.05) is 20.1 Å². The zero-order chi connectivity index (χ0) is 4.99. The maximum atomic E-state index is 2.25. The van der Waals surface area contributed by atoms with Crippen LogP contribution in [-0.2, 0) is 0 Å². The Morgan fingerprint density at radius 1 is 0.727 bits per heavy atom. The van der Waals surface area contributed by atoms with Gasteiger partial charge in [0.15, 0.2) is 0 Å². The van der Waals surface area contributed by atoms with Crippen LogP contribution in [-0.4, -0.2) is 25.0 Å². The van der Waals surface area contributed by atoms with E-state index in [0.29, 0.717) is 0 Å². The Labute approximate surface area is 76.8 Å². The van der Waals surface area contributed by atoms with Crippen molar-refractivity contribution in [3.8, 4) is 0 Å². The molecular weight excluding hydrogens is 134 g/mol. The van der Waals surface area contributed by atoms with Gasteiger partial charge >= 0.3 is 0 Å². The van der Waals surface area contributed by atoms with Crippen LogP contribution in [0.4, 0.5) is 0 Å². The Bertz CT molecular complexity index is 24.1. The predicted molar refractivity (Wildman–Crippen MR) is 62.5 cm³/mol. The van der Waals surface area contributed by atoms with Crippen LogP contribution in [0.3, 0.4) is 0 Å². The zero-order valence-corrected chi connectivity index (χ0v) is 4.86. The van der Waals surface area contributed by atoms with Gasteiger partial charge in [-0.25, -0.2) is 0 Å². The minimum absolute atomic E-state index is 0. The molecule has 0 aliphatic rings. The number of hydrogen-bond acceptors (Lipinski definition) is 1. The van der Waals surface area contributed by atoms with Crippen LogP contribution in [0.1, 0.15) is 51.0 Å². The summed E-state index contributed by atoms with van der Waals surface area (Å²) in [4.78, 5) is 2.25. The van der Waals surface area contributed by atoms with Crippen LogP contribution >= 0.6 is 0 Å². The fraction of sp³-hybridized carbons (Fsp3) is 1.00. The second-order valence-corrected chi connectivity index (χ2v) is 1.49. The first-order valence-electron chi connectivity index (χ1n) is 2.49. The van der Waals surface area contributed by atoms with Gasteiger partial charge in [-0.1, -0.05) is 51.0 Å². The van der Waals surface area contributed by atoms with Crippen molar-refractivity contribution >= 4 is 0 Å². The Kier molecular flexibility index (Phi) is 131. The fourth-order valence-corrected chi connectivity index (χ4v) is 0.224. The van der Waals surface area contributed by atoms with E-state index in [2.05, 4.69) is 25.8 Å². The molecule has 1 nitrogen and oxygen atoms in total. The van der Waals surface area contributed by atoms with E-state index >= 15 is 0 Å². The van der Waals surface area contributed by atoms with Crippen LogP contribution in [0.25, 0.3) is 0 Å². The first-order valence-corrected chi connectivity index (χ1v) is 2.49. The summed E-state index contributed by atoms with van der Waals surface area (Å²) in [5.74, 6) is 0. The molecule has 0 N–H and O–H groups in total. The highest BCUT2D eigenvalue weighted by Gasteiger charge is 1.81. The minimum Gasteiger partial charge on any atom is -0.307 e. The molecule has 0 heterocycles. The molecule has 0 aromatic rings. The lowest BCUT2D eigenvalue weighted by Crippen LogP contribution is -2.15. The number of hydrogen-bond donors (Lipinski definition) is 0. The zero-order valence-electron chi connectivity index (χ0n) is 4.86. The SMILES string of the molecule is C.C.C.C.C.CCN(C)CC. The second kappa shape index (κ2) is 32.5. The van der Waals surface area contributed by atoms with Gasteiger partial charge in [0.2, 0.25) is 0 Å². The van der Waals surface area contributed by atoms with Gasteiger partial charge in [0, 0.05) is 0 Å². The fourth-order valence-electron chi connectivity index (χ4n) is 0.224. The molecule has 0 aliphatic carbocycles. The summed E-state index contributed by atoms with van der Waals surface area (Å²) in [5.41, 5.74) is 0. The van der Waals surface area contributed by atoms with Crippen LogP contribution in [0, 0.1) is 0 Å². The quantitative estimate of drug-likeness (QED) is 0.597. The normalized spacial score (nSPS) is 5.45. The van der Waals surface area contributed by atoms with E-state index in [0.717, 1.165) is 13.1 Å². The summed E-state index contributed by atoms with van der Waals surface area (Å²) < 4.78 is 0. The third kappa shape index (κ3) is 40.2. The molecular formula is C10H33N. The average Bonchev–Trinajstić information content (AvgIpc) is 1.65.